The lowest BCUT2D eigenvalue weighted by atomic mass is 10.2. The number of rotatable bonds is 0. The zero-order chi connectivity index (χ0) is 8.55. The quantitative estimate of drug-likeness (QED) is 0.626. The molecule has 0 atom stereocenters. The summed E-state index contributed by atoms with van der Waals surface area (Å²) in [5.74, 6) is 0.699. The monoisotopic (exact) mass is 163 g/mol. The van der Waals surface area contributed by atoms with Crippen LogP contribution < -0.4 is 10.1 Å². The van der Waals surface area contributed by atoms with Gasteiger partial charge in [0.2, 0.25) is 0 Å². The van der Waals surface area contributed by atoms with E-state index in [1.54, 1.807) is 0 Å². The van der Waals surface area contributed by atoms with Gasteiger partial charge in [-0.3, -0.25) is 4.79 Å². The van der Waals surface area contributed by atoms with Crippen molar-refractivity contribution in [1.82, 2.24) is 0 Å². The Hall–Kier alpha value is -1.51. The van der Waals surface area contributed by atoms with E-state index in [0.717, 1.165) is 17.0 Å². The highest BCUT2D eigenvalue weighted by atomic mass is 16.5. The van der Waals surface area contributed by atoms with E-state index in [-0.39, 0.29) is 12.5 Å². The first-order chi connectivity index (χ1) is 5.77. The second kappa shape index (κ2) is 2.52. The van der Waals surface area contributed by atoms with Gasteiger partial charge in [-0.1, -0.05) is 12.1 Å². The fourth-order valence-electron chi connectivity index (χ4n) is 1.27. The van der Waals surface area contributed by atoms with Gasteiger partial charge < -0.3 is 10.1 Å². The van der Waals surface area contributed by atoms with Gasteiger partial charge in [0.25, 0.3) is 5.91 Å². The number of anilines is 1. The molecular formula is C9H9NO2. The van der Waals surface area contributed by atoms with Gasteiger partial charge in [-0.2, -0.15) is 0 Å². The summed E-state index contributed by atoms with van der Waals surface area (Å²) < 4.78 is 5.25. The molecule has 0 saturated carbocycles. The Labute approximate surface area is 70.3 Å². The lowest BCUT2D eigenvalue weighted by Gasteiger charge is -2.19. The van der Waals surface area contributed by atoms with Gasteiger partial charge in [0.05, 0.1) is 5.69 Å². The molecule has 1 amide bonds. The van der Waals surface area contributed by atoms with Crippen molar-refractivity contribution in [1.29, 1.82) is 0 Å². The van der Waals surface area contributed by atoms with E-state index in [1.807, 2.05) is 25.1 Å². The Balaban J connectivity index is 2.48. The van der Waals surface area contributed by atoms with Crippen LogP contribution >= 0.6 is 0 Å². The number of carbonyl (C=O) groups is 1. The molecule has 1 aliphatic heterocycles. The Bertz CT molecular complexity index is 333. The van der Waals surface area contributed by atoms with Gasteiger partial charge in [-0.05, 0) is 18.6 Å². The molecule has 0 unspecified atom stereocenters. The Morgan fingerprint density at radius 3 is 3.17 bits per heavy atom. The minimum atomic E-state index is -0.0897. The normalized spacial score (nSPS) is 14.6. The van der Waals surface area contributed by atoms with Crippen LogP contribution in [0.15, 0.2) is 18.2 Å². The molecule has 0 saturated heterocycles. The summed E-state index contributed by atoms with van der Waals surface area (Å²) in [7, 11) is 0. The SMILES string of the molecule is Cc1cccc2c1OCC(=O)N2. The van der Waals surface area contributed by atoms with Crippen molar-refractivity contribution in [3.63, 3.8) is 0 Å². The third-order valence-corrected chi connectivity index (χ3v) is 1.83. The number of fused-ring (bicyclic) bond motifs is 1. The number of para-hydroxylation sites is 1. The summed E-state index contributed by atoms with van der Waals surface area (Å²) in [6.45, 7) is 2.08. The van der Waals surface area contributed by atoms with Crippen molar-refractivity contribution in [2.45, 2.75) is 6.92 Å². The molecule has 0 fully saturated rings. The molecule has 3 nitrogen and oxygen atoms in total. The number of ether oxygens (including phenoxy) is 1. The molecule has 0 aromatic heterocycles. The highest BCUT2D eigenvalue weighted by Crippen LogP contribution is 2.30. The molecule has 1 aromatic carbocycles. The second-order valence-corrected chi connectivity index (χ2v) is 2.79. The summed E-state index contributed by atoms with van der Waals surface area (Å²) in [6, 6.07) is 5.68. The molecule has 1 aliphatic rings. The van der Waals surface area contributed by atoms with Crippen LogP contribution in [-0.2, 0) is 4.79 Å². The zero-order valence-electron chi connectivity index (χ0n) is 6.76. The number of aryl methyl sites for hydroxylation is 1. The van der Waals surface area contributed by atoms with Gasteiger partial charge in [-0.25, -0.2) is 0 Å². The van der Waals surface area contributed by atoms with E-state index in [0.29, 0.717) is 0 Å². The van der Waals surface area contributed by atoms with Crippen molar-refractivity contribution in [2.24, 2.45) is 0 Å². The van der Waals surface area contributed by atoms with Crippen LogP contribution in [0, 0.1) is 6.92 Å². The summed E-state index contributed by atoms with van der Waals surface area (Å²) in [5, 5.41) is 2.74. The molecule has 1 aromatic rings. The van der Waals surface area contributed by atoms with E-state index in [1.165, 1.54) is 0 Å². The van der Waals surface area contributed by atoms with Gasteiger partial charge in [0.1, 0.15) is 5.75 Å². The number of amides is 1. The third-order valence-electron chi connectivity index (χ3n) is 1.83. The maximum Gasteiger partial charge on any atom is 0.262 e. The smallest absolute Gasteiger partial charge is 0.262 e. The van der Waals surface area contributed by atoms with Crippen molar-refractivity contribution < 1.29 is 9.53 Å². The van der Waals surface area contributed by atoms with E-state index >= 15 is 0 Å². The zero-order valence-corrected chi connectivity index (χ0v) is 6.76. The third kappa shape index (κ3) is 1.03. The largest absolute Gasteiger partial charge is 0.481 e. The standard InChI is InChI=1S/C9H9NO2/c1-6-3-2-4-7-9(6)12-5-8(11)10-7/h2-4H,5H2,1H3,(H,10,11). The second-order valence-electron chi connectivity index (χ2n) is 2.79. The van der Waals surface area contributed by atoms with Crippen molar-refractivity contribution in [3.05, 3.63) is 23.8 Å². The van der Waals surface area contributed by atoms with E-state index in [4.69, 9.17) is 4.74 Å². The minimum absolute atomic E-state index is 0.0897. The Morgan fingerprint density at radius 1 is 1.50 bits per heavy atom. The fourth-order valence-corrected chi connectivity index (χ4v) is 1.27. The first-order valence-electron chi connectivity index (χ1n) is 3.79. The molecule has 3 heteroatoms. The Kier molecular flexibility index (Phi) is 1.50. The summed E-state index contributed by atoms with van der Waals surface area (Å²) in [6.07, 6.45) is 0. The molecule has 2 rings (SSSR count). The number of nitrogens with one attached hydrogen (secondary N) is 1. The van der Waals surface area contributed by atoms with Crippen molar-refractivity contribution in [3.8, 4) is 5.75 Å². The molecule has 12 heavy (non-hydrogen) atoms. The van der Waals surface area contributed by atoms with Gasteiger partial charge in [-0.15, -0.1) is 0 Å². The maximum absolute atomic E-state index is 10.9. The van der Waals surface area contributed by atoms with Crippen LogP contribution in [0.1, 0.15) is 5.56 Å². The highest BCUT2D eigenvalue weighted by Gasteiger charge is 2.16. The van der Waals surface area contributed by atoms with Gasteiger partial charge >= 0.3 is 0 Å². The first-order valence-corrected chi connectivity index (χ1v) is 3.79. The number of benzene rings is 1. The predicted octanol–water partition coefficient (Wildman–Crippen LogP) is 1.33. The van der Waals surface area contributed by atoms with Gasteiger partial charge in [0.15, 0.2) is 6.61 Å². The van der Waals surface area contributed by atoms with Crippen LogP contribution in [0.25, 0.3) is 0 Å². The summed E-state index contributed by atoms with van der Waals surface area (Å²) in [4.78, 5) is 10.9. The lowest BCUT2D eigenvalue weighted by molar-refractivity contribution is -0.118. The van der Waals surface area contributed by atoms with E-state index < -0.39 is 0 Å². The molecule has 1 heterocycles. The number of carbonyl (C=O) groups excluding carboxylic acids is 1. The maximum atomic E-state index is 10.9. The van der Waals surface area contributed by atoms with Crippen LogP contribution in [0.3, 0.4) is 0 Å². The van der Waals surface area contributed by atoms with Crippen LogP contribution in [-0.4, -0.2) is 12.5 Å². The molecule has 0 aliphatic carbocycles. The lowest BCUT2D eigenvalue weighted by Crippen LogP contribution is -2.25. The first kappa shape index (κ1) is 7.16. The molecule has 1 N–H and O–H groups in total. The molecule has 0 radical (unpaired) electrons. The average Bonchev–Trinajstić information content (AvgIpc) is 2.04. The molecule has 0 bridgehead atoms. The highest BCUT2D eigenvalue weighted by molar-refractivity contribution is 5.95. The van der Waals surface area contributed by atoms with Crippen molar-refractivity contribution >= 4 is 11.6 Å². The van der Waals surface area contributed by atoms with Crippen LogP contribution in [0.4, 0.5) is 5.69 Å². The summed E-state index contributed by atoms with van der Waals surface area (Å²) >= 11 is 0. The molecule has 0 spiro atoms. The topological polar surface area (TPSA) is 38.3 Å². The fraction of sp³-hybridized carbons (Fsp3) is 0.222. The Morgan fingerprint density at radius 2 is 2.33 bits per heavy atom. The summed E-state index contributed by atoms with van der Waals surface area (Å²) in [5.41, 5.74) is 1.82. The predicted molar refractivity (Wildman–Crippen MR) is 45.3 cm³/mol. The number of hydrogen-bond acceptors (Lipinski definition) is 2. The van der Waals surface area contributed by atoms with E-state index in [9.17, 15) is 4.79 Å². The van der Waals surface area contributed by atoms with E-state index in [2.05, 4.69) is 5.32 Å². The molecule has 62 valence electrons. The molecular weight excluding hydrogens is 154 g/mol. The average molecular weight is 163 g/mol. The van der Waals surface area contributed by atoms with Gasteiger partial charge in [0, 0.05) is 0 Å². The minimum Gasteiger partial charge on any atom is -0.481 e. The van der Waals surface area contributed by atoms with Crippen LogP contribution in [0.2, 0.25) is 0 Å². The van der Waals surface area contributed by atoms with Crippen LogP contribution in [0.5, 0.6) is 5.75 Å². The van der Waals surface area contributed by atoms with Crippen molar-refractivity contribution in [2.75, 3.05) is 11.9 Å². The number of hydrogen-bond donors (Lipinski definition) is 1.